The van der Waals surface area contributed by atoms with Gasteiger partial charge < -0.3 is 92.5 Å². The van der Waals surface area contributed by atoms with Crippen LogP contribution in [-0.4, -0.2) is 227 Å². The van der Waals surface area contributed by atoms with Crippen molar-refractivity contribution < 1.29 is 117 Å². The van der Waals surface area contributed by atoms with Crippen LogP contribution in [0.25, 0.3) is 0 Å². The summed E-state index contributed by atoms with van der Waals surface area (Å²) in [4.78, 5) is 131. The van der Waals surface area contributed by atoms with E-state index in [1.54, 1.807) is 0 Å². The van der Waals surface area contributed by atoms with E-state index in [2.05, 4.69) is 55.3 Å². The number of ether oxygens (including phenoxy) is 4. The highest BCUT2D eigenvalue weighted by molar-refractivity contribution is 6.34. The summed E-state index contributed by atoms with van der Waals surface area (Å²) in [5.74, 6) is -10.2. The lowest BCUT2D eigenvalue weighted by Crippen LogP contribution is -2.45. The number of carbonyl (C=O) groups is 12. The van der Waals surface area contributed by atoms with E-state index in [9.17, 15) is 57.5 Å². The molecule has 16 N–H and O–H groups in total. The summed E-state index contributed by atoms with van der Waals surface area (Å²) in [5, 5.41) is 76.4. The van der Waals surface area contributed by atoms with Crippen LogP contribution < -0.4 is 42.2 Å². The summed E-state index contributed by atoms with van der Waals surface area (Å²) < 4.78 is 21.4. The number of carbonyl (C=O) groups excluding carboxylic acids is 4. The molecule has 0 radical (unpaired) electrons. The van der Waals surface area contributed by atoms with Crippen LogP contribution >= 0.6 is 23.2 Å². The van der Waals surface area contributed by atoms with Gasteiger partial charge in [0, 0.05) is 125 Å². The Morgan fingerprint density at radius 1 is 0.450 bits per heavy atom. The molecule has 32 nitrogen and oxygen atoms in total. The largest absolute Gasteiger partial charge is 0.496 e. The quantitative estimate of drug-likeness (QED) is 0.0165. The summed E-state index contributed by atoms with van der Waals surface area (Å²) in [5.41, 5.74) is 15.4. The fourth-order valence-electron chi connectivity index (χ4n) is 8.96. The van der Waals surface area contributed by atoms with E-state index < -0.39 is 59.7 Å². The predicted molar refractivity (Wildman–Crippen MR) is 366 cm³/mol. The topological polar surface area (TPSA) is 510 Å². The lowest BCUT2D eigenvalue weighted by atomic mass is 10.0. The minimum atomic E-state index is -1.26. The minimum Gasteiger partial charge on any atom is -0.496 e. The van der Waals surface area contributed by atoms with Crippen molar-refractivity contribution in [3.63, 3.8) is 0 Å². The summed E-state index contributed by atoms with van der Waals surface area (Å²) >= 11 is 12.2. The molecule has 100 heavy (non-hydrogen) atoms. The molecule has 2 fully saturated rings. The monoisotopic (exact) mass is 1450 g/mol. The van der Waals surface area contributed by atoms with E-state index in [1.807, 2.05) is 0 Å². The number of nitrogens with zero attached hydrogens (tertiary/aromatic N) is 2. The second-order valence-electron chi connectivity index (χ2n) is 21.6. The molecule has 550 valence electrons. The number of halogens is 2. The van der Waals surface area contributed by atoms with Gasteiger partial charge in [0.15, 0.2) is 0 Å². The maximum atomic E-state index is 12.6. The number of nitrogens with two attached hydrogens (primary N) is 2. The maximum Gasteiger partial charge on any atom is 0.342 e. The van der Waals surface area contributed by atoms with Gasteiger partial charge in [-0.05, 0) is 114 Å². The number of aliphatic carboxylic acids is 8. The average Bonchev–Trinajstić information content (AvgIpc) is 0.839. The number of carboxylic acids is 8. The number of esters is 2. The van der Waals surface area contributed by atoms with Gasteiger partial charge in [-0.1, -0.05) is 47.5 Å². The number of rotatable bonds is 36. The number of aryl methyl sites for hydroxylation is 2. The highest BCUT2D eigenvalue weighted by atomic mass is 35.5. The summed E-state index contributed by atoms with van der Waals surface area (Å²) in [7, 11) is 2.92. The van der Waals surface area contributed by atoms with Crippen LogP contribution in [0.3, 0.4) is 0 Å². The first kappa shape index (κ1) is 87.9. The van der Waals surface area contributed by atoms with Crippen LogP contribution in [-0.2, 0) is 70.3 Å². The number of amides is 2. The molecule has 3 aromatic carbocycles. The molecule has 0 atom stereocenters. The van der Waals surface area contributed by atoms with E-state index in [-0.39, 0.29) is 58.3 Å². The Balaban J connectivity index is 0.00000128. The zero-order valence-corrected chi connectivity index (χ0v) is 56.8. The number of likely N-dealkylation sites (tertiary alicyclic amines) is 2. The summed E-state index contributed by atoms with van der Waals surface area (Å²) in [6, 6.07) is 15.2. The number of hydrogen-bond donors (Lipinski definition) is 14. The number of carboxylic acid groups (broad SMARTS) is 8. The van der Waals surface area contributed by atoms with Crippen molar-refractivity contribution in [2.24, 2.45) is 0 Å². The van der Waals surface area contributed by atoms with Crippen molar-refractivity contribution in [2.75, 3.05) is 104 Å². The average molecular weight is 1450 g/mol. The lowest BCUT2D eigenvalue weighted by Gasteiger charge is -2.32. The smallest absolute Gasteiger partial charge is 0.342 e. The van der Waals surface area contributed by atoms with Crippen LogP contribution in [0.2, 0.25) is 10.0 Å². The van der Waals surface area contributed by atoms with Crippen LogP contribution in [0, 0.1) is 0 Å². The molecule has 2 aliphatic rings. The van der Waals surface area contributed by atoms with Gasteiger partial charge in [-0.25, -0.2) is 47.9 Å². The first-order valence-corrected chi connectivity index (χ1v) is 31.9. The first-order valence-electron chi connectivity index (χ1n) is 31.1. The number of nitrogens with one attached hydrogen (secondary N) is 4. The van der Waals surface area contributed by atoms with Gasteiger partial charge in [0.25, 0.3) is 0 Å². The second-order valence-corrected chi connectivity index (χ2v) is 22.4. The van der Waals surface area contributed by atoms with Gasteiger partial charge in [-0.15, -0.1) is 0 Å². The SMILES string of the molecule is COc1cc(N)c(Cl)cc1C(=O)OCCN1CCC(NC(=O)CCCNCCCc2ccc(CCCNCCCC(=O)NC3CCN(CCOC(=O)c4cc(Cl)c(N)cc4OC)CC3)cc2)CC1.O=C(O)/C=C/C(=O)O.O=C(O)/C=C/C(=O)O.O=C(O)/C=C/C(=O)O.O=C(O)/C=C/C(=O)O. The minimum absolute atomic E-state index is 0.0957. The second kappa shape index (κ2) is 51.1. The van der Waals surface area contributed by atoms with Gasteiger partial charge in [0.2, 0.25) is 11.8 Å². The van der Waals surface area contributed by atoms with E-state index in [4.69, 9.17) is 94.5 Å². The number of methoxy groups -OCH3 is 2. The Kier molecular flexibility index (Phi) is 44.9. The number of nitrogen functional groups attached to an aromatic ring is 2. The van der Waals surface area contributed by atoms with Crippen molar-refractivity contribution in [1.82, 2.24) is 31.1 Å². The molecule has 2 heterocycles. The molecular weight excluding hydrogens is 1360 g/mol. The molecule has 2 saturated heterocycles. The maximum absolute atomic E-state index is 12.6. The van der Waals surface area contributed by atoms with E-state index in [0.717, 1.165) is 117 Å². The molecule has 0 unspecified atom stereocenters. The third-order valence-corrected chi connectivity index (χ3v) is 14.6. The fourth-order valence-corrected chi connectivity index (χ4v) is 9.29. The van der Waals surface area contributed by atoms with Crippen molar-refractivity contribution >= 4 is 106 Å². The Bertz CT molecular complexity index is 2930. The molecule has 0 saturated carbocycles. The van der Waals surface area contributed by atoms with Crippen molar-refractivity contribution in [3.8, 4) is 11.5 Å². The molecule has 2 aliphatic heterocycles. The van der Waals surface area contributed by atoms with Crippen LogP contribution in [0.1, 0.15) is 96.1 Å². The number of benzene rings is 3. The lowest BCUT2D eigenvalue weighted by molar-refractivity contribution is -0.134. The van der Waals surface area contributed by atoms with E-state index in [0.29, 0.717) is 97.4 Å². The first-order chi connectivity index (χ1) is 47.4. The predicted octanol–water partition coefficient (Wildman–Crippen LogP) is 4.50. The van der Waals surface area contributed by atoms with Gasteiger partial charge in [0.1, 0.15) is 35.8 Å². The third-order valence-electron chi connectivity index (χ3n) is 13.9. The van der Waals surface area contributed by atoms with Crippen LogP contribution in [0.5, 0.6) is 11.5 Å². The highest BCUT2D eigenvalue weighted by Gasteiger charge is 2.24. The number of piperidine rings is 2. The van der Waals surface area contributed by atoms with Crippen LogP contribution in [0.4, 0.5) is 11.4 Å². The highest BCUT2D eigenvalue weighted by Crippen LogP contribution is 2.31. The Labute approximate surface area is 586 Å². The molecule has 0 bridgehead atoms. The third kappa shape index (κ3) is 43.2. The normalized spacial score (nSPS) is 13.2. The fraction of sp³-hybridized carbons (Fsp3) is 0.424. The zero-order chi connectivity index (χ0) is 75.0. The van der Waals surface area contributed by atoms with Crippen molar-refractivity contribution in [2.45, 2.75) is 89.1 Å². The van der Waals surface area contributed by atoms with Crippen molar-refractivity contribution in [3.05, 3.63) is 129 Å². The van der Waals surface area contributed by atoms with Crippen molar-refractivity contribution in [1.29, 1.82) is 0 Å². The summed E-state index contributed by atoms with van der Waals surface area (Å²) in [6.45, 7) is 8.44. The standard InChI is InChI=1S/C50H72Cl2N8O8.4C4H4O4/c1-65-45-33-43(53)41(51)31-39(45)49(63)67-29-27-59-23-15-37(16-24-59)57-47(61)9-5-21-55-19-3-7-35-11-13-36(14-12-35)8-4-20-56-22-6-10-48(62)58-38-17-25-60(26-18-38)28-30-68-50(64)40-32-42(52)44(54)34-46(40)66-2;4*5-3(6)1-2-4(7)8/h11-14,31-34,37-38,55-56H,3-10,15-30,53-54H2,1-2H3,(H,57,61)(H,58,62);4*1-2H,(H,5,6)(H,7,8)/b;4*2-1+. The molecule has 2 amide bonds. The Hall–Kier alpha value is -10.1. The molecule has 0 spiro atoms. The molecular formula is C66H88Cl2N8O24. The molecule has 5 rings (SSSR count). The Morgan fingerprint density at radius 2 is 0.720 bits per heavy atom. The van der Waals surface area contributed by atoms with Crippen LogP contribution in [0.15, 0.2) is 97.1 Å². The number of hydrogen-bond acceptors (Lipinski definition) is 22. The molecule has 34 heteroatoms. The molecule has 0 aromatic heterocycles. The summed E-state index contributed by atoms with van der Waals surface area (Å²) in [6.07, 6.45) is 14.6. The van der Waals surface area contributed by atoms with Gasteiger partial charge in [0.05, 0.1) is 35.6 Å². The Morgan fingerprint density at radius 3 is 0.980 bits per heavy atom. The van der Waals surface area contributed by atoms with E-state index >= 15 is 0 Å². The van der Waals surface area contributed by atoms with Gasteiger partial charge in [-0.2, -0.15) is 0 Å². The molecule has 3 aromatic rings. The van der Waals surface area contributed by atoms with Gasteiger partial charge in [-0.3, -0.25) is 19.4 Å². The number of anilines is 2. The van der Waals surface area contributed by atoms with E-state index in [1.165, 1.54) is 49.6 Å². The molecule has 0 aliphatic carbocycles. The zero-order valence-electron chi connectivity index (χ0n) is 55.3. The van der Waals surface area contributed by atoms with Gasteiger partial charge >= 0.3 is 59.7 Å².